The van der Waals surface area contributed by atoms with E-state index in [0.29, 0.717) is 17.2 Å². The van der Waals surface area contributed by atoms with E-state index >= 15 is 0 Å². The second kappa shape index (κ2) is 11.7. The molecule has 166 valence electrons. The monoisotopic (exact) mass is 514 g/mol. The summed E-state index contributed by atoms with van der Waals surface area (Å²) in [6, 6.07) is 23.5. The molecule has 0 saturated carbocycles. The van der Waals surface area contributed by atoms with Gasteiger partial charge in [0.1, 0.15) is 11.8 Å². The number of nitrogens with one attached hydrogen (secondary N) is 1. The number of amides is 2. The third kappa shape index (κ3) is 6.84. The minimum absolute atomic E-state index is 0.212. The second-order valence-corrected chi connectivity index (χ2v) is 8.57. The van der Waals surface area contributed by atoms with Crippen molar-refractivity contribution in [3.05, 3.63) is 99.5 Å². The average molecular weight is 516 g/mol. The van der Waals surface area contributed by atoms with E-state index in [4.69, 9.17) is 16.3 Å². The Kier molecular flexibility index (Phi) is 8.71. The van der Waals surface area contributed by atoms with Crippen LogP contribution in [0, 0.1) is 0 Å². The molecule has 32 heavy (non-hydrogen) atoms. The van der Waals surface area contributed by atoms with Gasteiger partial charge in [-0.15, -0.1) is 0 Å². The van der Waals surface area contributed by atoms with Crippen LogP contribution in [0.1, 0.15) is 11.1 Å². The van der Waals surface area contributed by atoms with Crippen molar-refractivity contribution >= 4 is 39.3 Å². The van der Waals surface area contributed by atoms with Gasteiger partial charge in [0, 0.05) is 29.5 Å². The Balaban J connectivity index is 1.87. The number of carbonyl (C=O) groups is 2. The SMILES string of the molecule is CNC(=O)[C@H](Cc1ccccc1)N(Cc1cccc(Br)c1)C(=O)COc1cccc(Cl)c1. The molecule has 0 radical (unpaired) electrons. The summed E-state index contributed by atoms with van der Waals surface area (Å²) in [5.74, 6) is -0.0396. The first kappa shape index (κ1) is 23.8. The van der Waals surface area contributed by atoms with E-state index in [1.54, 1.807) is 36.2 Å². The van der Waals surface area contributed by atoms with E-state index in [2.05, 4.69) is 21.2 Å². The summed E-state index contributed by atoms with van der Waals surface area (Å²) < 4.78 is 6.59. The van der Waals surface area contributed by atoms with Crippen molar-refractivity contribution in [3.8, 4) is 5.75 Å². The minimum Gasteiger partial charge on any atom is -0.484 e. The summed E-state index contributed by atoms with van der Waals surface area (Å²) in [4.78, 5) is 27.8. The van der Waals surface area contributed by atoms with Gasteiger partial charge in [-0.3, -0.25) is 9.59 Å². The molecule has 0 aliphatic carbocycles. The van der Waals surface area contributed by atoms with Crippen LogP contribution in [0.25, 0.3) is 0 Å². The lowest BCUT2D eigenvalue weighted by Gasteiger charge is -2.31. The fourth-order valence-electron chi connectivity index (χ4n) is 3.34. The Bertz CT molecular complexity index is 1060. The molecule has 0 saturated heterocycles. The molecule has 7 heteroatoms. The number of ether oxygens (including phenoxy) is 1. The molecule has 0 aromatic heterocycles. The van der Waals surface area contributed by atoms with Crippen molar-refractivity contribution in [3.63, 3.8) is 0 Å². The van der Waals surface area contributed by atoms with Crippen molar-refractivity contribution < 1.29 is 14.3 Å². The zero-order chi connectivity index (χ0) is 22.9. The van der Waals surface area contributed by atoms with Crippen molar-refractivity contribution in [2.24, 2.45) is 0 Å². The molecule has 0 aliphatic heterocycles. The van der Waals surface area contributed by atoms with E-state index in [9.17, 15) is 9.59 Å². The molecular weight excluding hydrogens is 492 g/mol. The lowest BCUT2D eigenvalue weighted by molar-refractivity contribution is -0.142. The number of nitrogens with zero attached hydrogens (tertiary/aromatic N) is 1. The number of likely N-dealkylation sites (N-methyl/N-ethyl adjacent to an activating group) is 1. The van der Waals surface area contributed by atoms with Crippen LogP contribution >= 0.6 is 27.5 Å². The van der Waals surface area contributed by atoms with Crippen molar-refractivity contribution in [2.75, 3.05) is 13.7 Å². The standard InChI is InChI=1S/C25H24BrClN2O3/c1-28-25(31)23(14-18-7-3-2-4-8-18)29(16-19-9-5-10-20(26)13-19)24(30)17-32-22-12-6-11-21(27)15-22/h2-13,15,23H,14,16-17H2,1H3,(H,28,31)/t23-/m0/s1. The smallest absolute Gasteiger partial charge is 0.261 e. The highest BCUT2D eigenvalue weighted by Crippen LogP contribution is 2.20. The number of hydrogen-bond donors (Lipinski definition) is 1. The van der Waals surface area contributed by atoms with Crippen molar-refractivity contribution in [1.29, 1.82) is 0 Å². The Hall–Kier alpha value is -2.83. The molecule has 0 unspecified atom stereocenters. The number of carbonyl (C=O) groups excluding carboxylic acids is 2. The Morgan fingerprint density at radius 3 is 2.41 bits per heavy atom. The van der Waals surface area contributed by atoms with Crippen LogP contribution in [0.3, 0.4) is 0 Å². The van der Waals surface area contributed by atoms with E-state index < -0.39 is 6.04 Å². The molecule has 5 nitrogen and oxygen atoms in total. The number of hydrogen-bond acceptors (Lipinski definition) is 3. The molecule has 3 rings (SSSR count). The largest absolute Gasteiger partial charge is 0.484 e. The second-order valence-electron chi connectivity index (χ2n) is 7.22. The van der Waals surface area contributed by atoms with E-state index in [1.165, 1.54) is 0 Å². The molecular formula is C25H24BrClN2O3. The summed E-state index contributed by atoms with van der Waals surface area (Å²) in [5.41, 5.74) is 1.86. The molecule has 2 amide bonds. The van der Waals surface area contributed by atoms with Gasteiger partial charge in [0.05, 0.1) is 0 Å². The van der Waals surface area contributed by atoms with Gasteiger partial charge < -0.3 is 15.0 Å². The lowest BCUT2D eigenvalue weighted by Crippen LogP contribution is -2.51. The third-order valence-electron chi connectivity index (χ3n) is 4.92. The molecule has 0 aliphatic rings. The molecule has 0 heterocycles. The zero-order valence-electron chi connectivity index (χ0n) is 17.6. The Labute approximate surface area is 201 Å². The van der Waals surface area contributed by atoms with Crippen LogP contribution in [0.2, 0.25) is 5.02 Å². The zero-order valence-corrected chi connectivity index (χ0v) is 20.0. The Morgan fingerprint density at radius 1 is 1.00 bits per heavy atom. The van der Waals surface area contributed by atoms with E-state index in [0.717, 1.165) is 15.6 Å². The summed E-state index contributed by atoms with van der Waals surface area (Å²) in [5, 5.41) is 3.22. The van der Waals surface area contributed by atoms with Gasteiger partial charge in [0.2, 0.25) is 5.91 Å². The third-order valence-corrected chi connectivity index (χ3v) is 5.65. The van der Waals surface area contributed by atoms with Gasteiger partial charge in [-0.2, -0.15) is 0 Å². The molecule has 1 atom stereocenters. The maximum absolute atomic E-state index is 13.3. The normalized spacial score (nSPS) is 11.5. The van der Waals surface area contributed by atoms with Gasteiger partial charge in [0.25, 0.3) is 5.91 Å². The quantitative estimate of drug-likeness (QED) is 0.442. The van der Waals surface area contributed by atoms with Crippen LogP contribution in [0.5, 0.6) is 5.75 Å². The predicted molar refractivity (Wildman–Crippen MR) is 130 cm³/mol. The topological polar surface area (TPSA) is 58.6 Å². The van der Waals surface area contributed by atoms with Crippen molar-refractivity contribution in [2.45, 2.75) is 19.0 Å². The first-order chi connectivity index (χ1) is 15.5. The van der Waals surface area contributed by atoms with E-state index in [-0.39, 0.29) is 25.0 Å². The summed E-state index contributed by atoms with van der Waals surface area (Å²) >= 11 is 9.48. The average Bonchev–Trinajstić information content (AvgIpc) is 2.80. The number of rotatable bonds is 9. The van der Waals surface area contributed by atoms with Crippen LogP contribution in [0.4, 0.5) is 0 Å². The summed E-state index contributed by atoms with van der Waals surface area (Å²) in [6.07, 6.45) is 0.386. The Morgan fingerprint density at radius 2 is 1.72 bits per heavy atom. The fraction of sp³-hybridized carbons (Fsp3) is 0.200. The molecule has 3 aromatic rings. The molecule has 0 spiro atoms. The predicted octanol–water partition coefficient (Wildman–Crippen LogP) is 4.87. The highest BCUT2D eigenvalue weighted by Gasteiger charge is 2.30. The first-order valence-corrected chi connectivity index (χ1v) is 11.3. The van der Waals surface area contributed by atoms with Gasteiger partial charge >= 0.3 is 0 Å². The molecule has 3 aromatic carbocycles. The van der Waals surface area contributed by atoms with Gasteiger partial charge in [-0.25, -0.2) is 0 Å². The molecule has 0 fully saturated rings. The summed E-state index contributed by atoms with van der Waals surface area (Å²) in [6.45, 7) is 0.0543. The minimum atomic E-state index is -0.697. The maximum Gasteiger partial charge on any atom is 0.261 e. The van der Waals surface area contributed by atoms with Gasteiger partial charge in [-0.1, -0.05) is 76.1 Å². The molecule has 0 bridgehead atoms. The van der Waals surface area contributed by atoms with Crippen molar-refractivity contribution in [1.82, 2.24) is 10.2 Å². The van der Waals surface area contributed by atoms with E-state index in [1.807, 2.05) is 54.6 Å². The fourth-order valence-corrected chi connectivity index (χ4v) is 3.96. The first-order valence-electron chi connectivity index (χ1n) is 10.1. The van der Waals surface area contributed by atoms with Crippen LogP contribution in [-0.4, -0.2) is 36.4 Å². The highest BCUT2D eigenvalue weighted by atomic mass is 79.9. The van der Waals surface area contributed by atoms with Crippen LogP contribution in [-0.2, 0) is 22.6 Å². The lowest BCUT2D eigenvalue weighted by atomic mass is 10.0. The number of halogens is 2. The van der Waals surface area contributed by atoms with Crippen LogP contribution < -0.4 is 10.1 Å². The van der Waals surface area contributed by atoms with Crippen LogP contribution in [0.15, 0.2) is 83.3 Å². The number of benzene rings is 3. The maximum atomic E-state index is 13.3. The molecule has 1 N–H and O–H groups in total. The highest BCUT2D eigenvalue weighted by molar-refractivity contribution is 9.10. The van der Waals surface area contributed by atoms with Gasteiger partial charge in [0.15, 0.2) is 6.61 Å². The summed E-state index contributed by atoms with van der Waals surface area (Å²) in [7, 11) is 1.57. The van der Waals surface area contributed by atoms with Gasteiger partial charge in [-0.05, 0) is 41.5 Å².